The number of nitrogen functional groups attached to an aromatic ring is 1. The van der Waals surface area contributed by atoms with Crippen LogP contribution in [0.2, 0.25) is 0 Å². The average Bonchev–Trinajstić information content (AvgIpc) is 2.63. The van der Waals surface area contributed by atoms with Crippen molar-refractivity contribution in [2.45, 2.75) is 54.2 Å². The summed E-state index contributed by atoms with van der Waals surface area (Å²) in [5.41, 5.74) is 5.94. The summed E-state index contributed by atoms with van der Waals surface area (Å²) in [6.07, 6.45) is -0.852. The van der Waals surface area contributed by atoms with Crippen LogP contribution in [-0.4, -0.2) is 28.1 Å². The van der Waals surface area contributed by atoms with Gasteiger partial charge in [0.1, 0.15) is 11.6 Å². The highest BCUT2D eigenvalue weighted by atomic mass is 16.5. The number of nitrogens with zero attached hydrogens (tertiary/aromatic N) is 2. The number of anilines is 2. The van der Waals surface area contributed by atoms with Crippen molar-refractivity contribution in [1.82, 2.24) is 9.55 Å². The number of carbonyl (C=O) groups excluding carboxylic acids is 1. The second-order valence-corrected chi connectivity index (χ2v) is 8.42. The predicted molar refractivity (Wildman–Crippen MR) is 119 cm³/mol. The van der Waals surface area contributed by atoms with Crippen LogP contribution in [0.4, 0.5) is 11.5 Å². The van der Waals surface area contributed by atoms with Crippen molar-refractivity contribution in [3.63, 3.8) is 0 Å². The van der Waals surface area contributed by atoms with Crippen LogP contribution in [0.1, 0.15) is 40.2 Å². The number of aromatic amines is 1. The number of H-pyrrole nitrogens is 1. The maximum atomic E-state index is 13.3. The molecule has 8 heteroatoms. The van der Waals surface area contributed by atoms with Crippen LogP contribution < -0.4 is 26.6 Å². The van der Waals surface area contributed by atoms with Crippen LogP contribution in [-0.2, 0) is 11.3 Å². The molecule has 30 heavy (non-hydrogen) atoms. The summed E-state index contributed by atoms with van der Waals surface area (Å²) in [7, 11) is 0. The minimum Gasteiger partial charge on any atom is -0.481 e. The molecule has 0 bridgehead atoms. The van der Waals surface area contributed by atoms with Gasteiger partial charge in [0.2, 0.25) is 0 Å². The highest BCUT2D eigenvalue weighted by Crippen LogP contribution is 2.22. The zero-order valence-electron chi connectivity index (χ0n) is 18.6. The topological polar surface area (TPSA) is 110 Å². The maximum Gasteiger partial charge on any atom is 0.330 e. The Balaban J connectivity index is 2.48. The third-order valence-electron chi connectivity index (χ3n) is 4.50. The number of nitrogens with two attached hydrogens (primary N) is 1. The largest absolute Gasteiger partial charge is 0.481 e. The molecule has 1 aromatic heterocycles. The van der Waals surface area contributed by atoms with Gasteiger partial charge in [0, 0.05) is 13.1 Å². The van der Waals surface area contributed by atoms with Crippen molar-refractivity contribution >= 4 is 17.4 Å². The minimum atomic E-state index is -0.852. The molecule has 1 aromatic carbocycles. The normalized spacial score (nSPS) is 12.3. The summed E-state index contributed by atoms with van der Waals surface area (Å²) in [4.78, 5) is 41.9. The number of rotatable bonds is 8. The second kappa shape index (κ2) is 9.65. The van der Waals surface area contributed by atoms with Gasteiger partial charge in [-0.2, -0.15) is 0 Å². The maximum absolute atomic E-state index is 13.3. The molecule has 0 radical (unpaired) electrons. The summed E-state index contributed by atoms with van der Waals surface area (Å²) in [6, 6.07) is 7.38. The van der Waals surface area contributed by atoms with E-state index in [2.05, 4.69) is 4.98 Å². The number of hydrogen-bond acceptors (Lipinski definition) is 5. The van der Waals surface area contributed by atoms with E-state index in [9.17, 15) is 14.4 Å². The van der Waals surface area contributed by atoms with E-state index in [4.69, 9.17) is 10.5 Å². The van der Waals surface area contributed by atoms with Crippen LogP contribution in [0.3, 0.4) is 0 Å². The first-order valence-electron chi connectivity index (χ1n) is 10.2. The molecule has 1 atom stereocenters. The molecule has 0 fully saturated rings. The van der Waals surface area contributed by atoms with Gasteiger partial charge in [-0.05, 0) is 43.4 Å². The van der Waals surface area contributed by atoms with Gasteiger partial charge in [0.15, 0.2) is 11.8 Å². The van der Waals surface area contributed by atoms with E-state index in [0.717, 1.165) is 5.56 Å². The highest BCUT2D eigenvalue weighted by molar-refractivity contribution is 5.98. The Hall–Kier alpha value is -3.03. The van der Waals surface area contributed by atoms with Crippen LogP contribution in [0.5, 0.6) is 5.75 Å². The van der Waals surface area contributed by atoms with Gasteiger partial charge in [-0.25, -0.2) is 4.79 Å². The summed E-state index contributed by atoms with van der Waals surface area (Å²) >= 11 is 0. The fourth-order valence-electron chi connectivity index (χ4n) is 3.20. The number of aryl methyl sites for hydroxylation is 1. The molecule has 164 valence electrons. The van der Waals surface area contributed by atoms with E-state index in [0.29, 0.717) is 12.3 Å². The molecular weight excluding hydrogens is 384 g/mol. The van der Waals surface area contributed by atoms with Gasteiger partial charge in [0.05, 0.1) is 0 Å². The molecule has 0 aliphatic carbocycles. The van der Waals surface area contributed by atoms with Crippen molar-refractivity contribution in [3.05, 3.63) is 50.7 Å². The summed E-state index contributed by atoms with van der Waals surface area (Å²) < 4.78 is 7.13. The van der Waals surface area contributed by atoms with Gasteiger partial charge < -0.3 is 15.4 Å². The molecule has 1 unspecified atom stereocenters. The lowest BCUT2D eigenvalue weighted by Gasteiger charge is -2.28. The van der Waals surface area contributed by atoms with E-state index >= 15 is 0 Å². The SMILES string of the molecule is Cc1cccc(OC(C)C(=O)N(CC(C)C)c2c(N)n(CC(C)C)c(=O)[nH]c2=O)c1. The number of aromatic nitrogens is 2. The van der Waals surface area contributed by atoms with Gasteiger partial charge in [-0.3, -0.25) is 19.1 Å². The van der Waals surface area contributed by atoms with Crippen molar-refractivity contribution in [1.29, 1.82) is 0 Å². The summed E-state index contributed by atoms with van der Waals surface area (Å²) in [6.45, 7) is 11.9. The molecule has 8 nitrogen and oxygen atoms in total. The van der Waals surface area contributed by atoms with Gasteiger partial charge in [0.25, 0.3) is 11.5 Å². The number of benzene rings is 1. The van der Waals surface area contributed by atoms with Crippen molar-refractivity contribution in [2.75, 3.05) is 17.2 Å². The molecule has 0 saturated heterocycles. The second-order valence-electron chi connectivity index (χ2n) is 8.42. The monoisotopic (exact) mass is 416 g/mol. The van der Waals surface area contributed by atoms with E-state index < -0.39 is 23.3 Å². The number of amides is 1. The smallest absolute Gasteiger partial charge is 0.330 e. The Bertz CT molecular complexity index is 1010. The molecule has 1 heterocycles. The van der Waals surface area contributed by atoms with Crippen LogP contribution >= 0.6 is 0 Å². The van der Waals surface area contributed by atoms with E-state index in [1.807, 2.05) is 52.8 Å². The van der Waals surface area contributed by atoms with E-state index in [1.54, 1.807) is 13.0 Å². The lowest BCUT2D eigenvalue weighted by atomic mass is 10.1. The number of ether oxygens (including phenoxy) is 1. The summed E-state index contributed by atoms with van der Waals surface area (Å²) in [5, 5.41) is 0. The first kappa shape index (κ1) is 23.3. The predicted octanol–water partition coefficient (Wildman–Crippen LogP) is 2.54. The Labute approximate surface area is 176 Å². The van der Waals surface area contributed by atoms with Gasteiger partial charge in [-0.15, -0.1) is 0 Å². The highest BCUT2D eigenvalue weighted by Gasteiger charge is 2.29. The Kier molecular flexibility index (Phi) is 7.48. The molecule has 3 N–H and O–H groups in total. The van der Waals surface area contributed by atoms with Crippen molar-refractivity contribution in [2.24, 2.45) is 11.8 Å². The zero-order valence-corrected chi connectivity index (χ0v) is 18.6. The fourth-order valence-corrected chi connectivity index (χ4v) is 3.20. The first-order chi connectivity index (χ1) is 14.0. The standard InChI is InChI=1S/C22H32N4O4/c1-13(2)11-25(21(28)16(6)30-17-9-7-8-15(5)10-17)18-19(23)26(12-14(3)4)22(29)24-20(18)27/h7-10,13-14,16H,11-12,23H2,1-6H3,(H,24,27,29). The van der Waals surface area contributed by atoms with Crippen molar-refractivity contribution in [3.8, 4) is 5.75 Å². The zero-order chi connectivity index (χ0) is 22.6. The lowest BCUT2D eigenvalue weighted by Crippen LogP contribution is -2.47. The fraction of sp³-hybridized carbons (Fsp3) is 0.500. The molecule has 0 saturated carbocycles. The Morgan fingerprint density at radius 1 is 1.17 bits per heavy atom. The average molecular weight is 417 g/mol. The number of carbonyl (C=O) groups is 1. The van der Waals surface area contributed by atoms with Gasteiger partial charge in [-0.1, -0.05) is 39.8 Å². The van der Waals surface area contributed by atoms with Crippen LogP contribution in [0, 0.1) is 18.8 Å². The van der Waals surface area contributed by atoms with E-state index in [1.165, 1.54) is 9.47 Å². The molecule has 1 amide bonds. The molecule has 2 rings (SSSR count). The number of nitrogens with one attached hydrogen (secondary N) is 1. The third kappa shape index (κ3) is 5.52. The number of hydrogen-bond donors (Lipinski definition) is 2. The molecule has 0 aliphatic heterocycles. The van der Waals surface area contributed by atoms with Crippen LogP contribution in [0.15, 0.2) is 33.9 Å². The molecule has 2 aromatic rings. The van der Waals surface area contributed by atoms with Crippen LogP contribution in [0.25, 0.3) is 0 Å². The minimum absolute atomic E-state index is 0.0193. The quantitative estimate of drug-likeness (QED) is 0.687. The lowest BCUT2D eigenvalue weighted by molar-refractivity contribution is -0.124. The third-order valence-corrected chi connectivity index (χ3v) is 4.50. The first-order valence-corrected chi connectivity index (χ1v) is 10.2. The Morgan fingerprint density at radius 2 is 1.83 bits per heavy atom. The Morgan fingerprint density at radius 3 is 2.40 bits per heavy atom. The molecule has 0 spiro atoms. The molecular formula is C22H32N4O4. The van der Waals surface area contributed by atoms with E-state index in [-0.39, 0.29) is 29.9 Å². The summed E-state index contributed by atoms with van der Waals surface area (Å²) in [5.74, 6) is 0.323. The molecule has 0 aliphatic rings. The van der Waals surface area contributed by atoms with Gasteiger partial charge >= 0.3 is 5.69 Å². The van der Waals surface area contributed by atoms with Crippen molar-refractivity contribution < 1.29 is 9.53 Å².